The van der Waals surface area contributed by atoms with Crippen LogP contribution in [0.4, 0.5) is 5.82 Å². The Labute approximate surface area is 187 Å². The number of aromatic nitrogens is 2. The summed E-state index contributed by atoms with van der Waals surface area (Å²) in [6.45, 7) is 17.0. The first-order valence-corrected chi connectivity index (χ1v) is 11.1. The van der Waals surface area contributed by atoms with E-state index >= 15 is 0 Å². The topological polar surface area (TPSA) is 67.2 Å². The van der Waals surface area contributed by atoms with Crippen LogP contribution in [0.3, 0.4) is 0 Å². The van der Waals surface area contributed by atoms with Gasteiger partial charge in [0.25, 0.3) is 0 Å². The van der Waals surface area contributed by atoms with Gasteiger partial charge in [0.15, 0.2) is 0 Å². The minimum Gasteiger partial charge on any atom is -0.333 e. The maximum absolute atomic E-state index is 12.9. The molecule has 170 valence electrons. The lowest BCUT2D eigenvalue weighted by Crippen LogP contribution is -2.40. The molecule has 1 heterocycles. The summed E-state index contributed by atoms with van der Waals surface area (Å²) in [4.78, 5) is 27.3. The smallest absolute Gasteiger partial charge is 0.245 e. The van der Waals surface area contributed by atoms with Crippen molar-refractivity contribution < 1.29 is 9.59 Å². The van der Waals surface area contributed by atoms with Crippen LogP contribution in [0, 0.1) is 12.3 Å². The van der Waals surface area contributed by atoms with Gasteiger partial charge in [0, 0.05) is 24.4 Å². The van der Waals surface area contributed by atoms with Gasteiger partial charge in [0.05, 0.1) is 17.9 Å². The average molecular weight is 427 g/mol. The Kier molecular flexibility index (Phi) is 7.68. The molecule has 2 aromatic rings. The van der Waals surface area contributed by atoms with Crippen molar-refractivity contribution >= 4 is 17.6 Å². The first kappa shape index (κ1) is 24.6. The van der Waals surface area contributed by atoms with Crippen LogP contribution in [-0.4, -0.2) is 39.6 Å². The molecule has 0 radical (unpaired) electrons. The molecule has 0 spiro atoms. The van der Waals surface area contributed by atoms with E-state index in [0.29, 0.717) is 18.8 Å². The van der Waals surface area contributed by atoms with Crippen molar-refractivity contribution in [3.05, 3.63) is 41.6 Å². The highest BCUT2D eigenvalue weighted by Gasteiger charge is 2.25. The van der Waals surface area contributed by atoms with E-state index in [4.69, 9.17) is 5.10 Å². The van der Waals surface area contributed by atoms with Crippen molar-refractivity contribution in [3.8, 4) is 5.69 Å². The van der Waals surface area contributed by atoms with Gasteiger partial charge >= 0.3 is 0 Å². The predicted octanol–water partition coefficient (Wildman–Crippen LogP) is 5.09. The highest BCUT2D eigenvalue weighted by Crippen LogP contribution is 2.27. The lowest BCUT2D eigenvalue weighted by molar-refractivity contribution is -0.136. The second-order valence-corrected chi connectivity index (χ2v) is 10.5. The van der Waals surface area contributed by atoms with Gasteiger partial charge in [-0.1, -0.05) is 60.6 Å². The molecule has 6 nitrogen and oxygen atoms in total. The maximum atomic E-state index is 12.9. The molecule has 1 N–H and O–H groups in total. The number of nitrogens with one attached hydrogen (secondary N) is 1. The molecular formula is C25H38N4O2. The Balaban J connectivity index is 2.28. The SMILES string of the molecule is CCCN(CC(=O)Nc1cc(C(C)(C)C)nn1-c1cccc(C)c1)C(=O)CC(C)(C)C. The monoisotopic (exact) mass is 426 g/mol. The minimum absolute atomic E-state index is 0.00655. The van der Waals surface area contributed by atoms with E-state index in [0.717, 1.165) is 23.4 Å². The third-order valence-corrected chi connectivity index (χ3v) is 4.85. The van der Waals surface area contributed by atoms with E-state index in [-0.39, 0.29) is 29.2 Å². The average Bonchev–Trinajstić information content (AvgIpc) is 3.04. The molecule has 0 aliphatic heterocycles. The van der Waals surface area contributed by atoms with Gasteiger partial charge in [0.2, 0.25) is 11.8 Å². The van der Waals surface area contributed by atoms with Crippen LogP contribution >= 0.6 is 0 Å². The number of carbonyl (C=O) groups is 2. The number of nitrogens with zero attached hydrogens (tertiary/aromatic N) is 3. The Hall–Kier alpha value is -2.63. The molecule has 0 bridgehead atoms. The number of amides is 2. The highest BCUT2D eigenvalue weighted by atomic mass is 16.2. The number of hydrogen-bond donors (Lipinski definition) is 1. The number of benzene rings is 1. The normalized spacial score (nSPS) is 12.0. The fraction of sp³-hybridized carbons (Fsp3) is 0.560. The Morgan fingerprint density at radius 2 is 1.77 bits per heavy atom. The number of rotatable bonds is 7. The van der Waals surface area contributed by atoms with Gasteiger partial charge in [0.1, 0.15) is 5.82 Å². The van der Waals surface area contributed by atoms with Crippen molar-refractivity contribution in [2.45, 2.75) is 73.6 Å². The zero-order valence-corrected chi connectivity index (χ0v) is 20.4. The number of anilines is 1. The van der Waals surface area contributed by atoms with Gasteiger partial charge in [-0.05, 0) is 36.5 Å². The molecule has 0 saturated carbocycles. The lowest BCUT2D eigenvalue weighted by atomic mass is 9.91. The van der Waals surface area contributed by atoms with Crippen LogP contribution in [0.1, 0.15) is 72.6 Å². The van der Waals surface area contributed by atoms with Gasteiger partial charge in [-0.15, -0.1) is 0 Å². The maximum Gasteiger partial charge on any atom is 0.245 e. The summed E-state index contributed by atoms with van der Waals surface area (Å²) in [6, 6.07) is 9.92. The standard InChI is InChI=1S/C25H38N4O2/c1-9-13-28(23(31)16-24(3,4)5)17-22(30)26-21-15-20(25(6,7)8)27-29(21)19-12-10-11-18(2)14-19/h10-12,14-15H,9,13,16-17H2,1-8H3,(H,26,30). The molecule has 0 saturated heterocycles. The molecule has 0 aliphatic carbocycles. The molecule has 6 heteroatoms. The summed E-state index contributed by atoms with van der Waals surface area (Å²) in [5.74, 6) is 0.400. The van der Waals surface area contributed by atoms with Gasteiger partial charge in [-0.3, -0.25) is 9.59 Å². The molecule has 0 fully saturated rings. The quantitative estimate of drug-likeness (QED) is 0.670. The summed E-state index contributed by atoms with van der Waals surface area (Å²) < 4.78 is 1.77. The van der Waals surface area contributed by atoms with Crippen LogP contribution in [0.2, 0.25) is 0 Å². The second kappa shape index (κ2) is 9.67. The second-order valence-electron chi connectivity index (χ2n) is 10.5. The van der Waals surface area contributed by atoms with Gasteiger partial charge < -0.3 is 10.2 Å². The van der Waals surface area contributed by atoms with Crippen molar-refractivity contribution in [2.24, 2.45) is 5.41 Å². The molecular weight excluding hydrogens is 388 g/mol. The molecule has 0 unspecified atom stereocenters. The van der Waals surface area contributed by atoms with Crippen LogP contribution in [0.15, 0.2) is 30.3 Å². The number of carbonyl (C=O) groups excluding carboxylic acids is 2. The molecule has 1 aromatic carbocycles. The summed E-state index contributed by atoms with van der Waals surface area (Å²) in [6.07, 6.45) is 1.22. The first-order valence-electron chi connectivity index (χ1n) is 11.1. The summed E-state index contributed by atoms with van der Waals surface area (Å²) in [7, 11) is 0. The van der Waals surface area contributed by atoms with E-state index in [1.807, 2.05) is 65.0 Å². The molecule has 31 heavy (non-hydrogen) atoms. The molecule has 2 amide bonds. The van der Waals surface area contributed by atoms with Crippen molar-refractivity contribution in [1.29, 1.82) is 0 Å². The van der Waals surface area contributed by atoms with E-state index in [1.54, 1.807) is 9.58 Å². The highest BCUT2D eigenvalue weighted by molar-refractivity contribution is 5.94. The molecule has 1 aromatic heterocycles. The molecule has 2 rings (SSSR count). The summed E-state index contributed by atoms with van der Waals surface area (Å²) in [5, 5.41) is 7.76. The summed E-state index contributed by atoms with van der Waals surface area (Å²) >= 11 is 0. The van der Waals surface area contributed by atoms with Crippen LogP contribution in [0.5, 0.6) is 0 Å². The number of hydrogen-bond acceptors (Lipinski definition) is 3. The largest absolute Gasteiger partial charge is 0.333 e. The van der Waals surface area contributed by atoms with Crippen molar-refractivity contribution in [1.82, 2.24) is 14.7 Å². The first-order chi connectivity index (χ1) is 14.3. The number of aryl methyl sites for hydroxylation is 1. The zero-order chi connectivity index (χ0) is 23.4. The summed E-state index contributed by atoms with van der Waals surface area (Å²) in [5.41, 5.74) is 2.61. The Morgan fingerprint density at radius 1 is 1.10 bits per heavy atom. The third-order valence-electron chi connectivity index (χ3n) is 4.85. The zero-order valence-electron chi connectivity index (χ0n) is 20.4. The van der Waals surface area contributed by atoms with Crippen LogP contribution in [0.25, 0.3) is 5.69 Å². The third kappa shape index (κ3) is 7.23. The lowest BCUT2D eigenvalue weighted by Gasteiger charge is -2.26. The Bertz CT molecular complexity index is 916. The fourth-order valence-corrected chi connectivity index (χ4v) is 3.28. The van der Waals surface area contributed by atoms with E-state index < -0.39 is 0 Å². The van der Waals surface area contributed by atoms with Gasteiger partial charge in [-0.25, -0.2) is 4.68 Å². The van der Waals surface area contributed by atoms with Crippen molar-refractivity contribution in [2.75, 3.05) is 18.4 Å². The fourth-order valence-electron chi connectivity index (χ4n) is 3.28. The van der Waals surface area contributed by atoms with Crippen LogP contribution < -0.4 is 5.32 Å². The molecule has 0 atom stereocenters. The molecule has 0 aliphatic rings. The Morgan fingerprint density at radius 3 is 2.32 bits per heavy atom. The predicted molar refractivity (Wildman–Crippen MR) is 127 cm³/mol. The van der Waals surface area contributed by atoms with E-state index in [1.165, 1.54) is 0 Å². The van der Waals surface area contributed by atoms with E-state index in [9.17, 15) is 9.59 Å². The minimum atomic E-state index is -0.218. The van der Waals surface area contributed by atoms with Crippen molar-refractivity contribution in [3.63, 3.8) is 0 Å². The van der Waals surface area contributed by atoms with Gasteiger partial charge in [-0.2, -0.15) is 5.10 Å². The van der Waals surface area contributed by atoms with Crippen LogP contribution in [-0.2, 0) is 15.0 Å². The van der Waals surface area contributed by atoms with E-state index in [2.05, 4.69) is 26.1 Å².